The van der Waals surface area contributed by atoms with Crippen molar-refractivity contribution in [3.05, 3.63) is 24.3 Å². The summed E-state index contributed by atoms with van der Waals surface area (Å²) >= 11 is 0. The summed E-state index contributed by atoms with van der Waals surface area (Å²) in [5.74, 6) is 2.68. The molecular formula is C24H44Si. The van der Waals surface area contributed by atoms with Crippen molar-refractivity contribution in [2.75, 3.05) is 0 Å². The Morgan fingerprint density at radius 2 is 1.24 bits per heavy atom. The van der Waals surface area contributed by atoms with Crippen LogP contribution in [0.2, 0.25) is 11.6 Å². The van der Waals surface area contributed by atoms with Gasteiger partial charge in [-0.3, -0.25) is 0 Å². The second kappa shape index (κ2) is 13.0. The summed E-state index contributed by atoms with van der Waals surface area (Å²) < 4.78 is 0. The number of rotatable bonds is 10. The minimum atomic E-state index is 0.244. The average Bonchev–Trinajstić information content (AvgIpc) is 2.66. The van der Waals surface area contributed by atoms with E-state index in [2.05, 4.69) is 38.2 Å². The average molecular weight is 361 g/mol. The molecule has 2 fully saturated rings. The maximum Gasteiger partial charge on any atom is 0.0231 e. The van der Waals surface area contributed by atoms with Crippen LogP contribution in [0.15, 0.2) is 24.3 Å². The quantitative estimate of drug-likeness (QED) is 0.215. The maximum absolute atomic E-state index is 2.63. The fourth-order valence-electron chi connectivity index (χ4n) is 4.83. The summed E-state index contributed by atoms with van der Waals surface area (Å²) in [5.41, 5.74) is 1.19. The molecular weight excluding hydrogens is 316 g/mol. The van der Waals surface area contributed by atoms with Crippen molar-refractivity contribution in [2.24, 2.45) is 17.8 Å². The molecule has 0 saturated heterocycles. The Kier molecular flexibility index (Phi) is 10.9. The van der Waals surface area contributed by atoms with Crippen LogP contribution in [-0.4, -0.2) is 9.52 Å². The van der Waals surface area contributed by atoms with Crippen molar-refractivity contribution in [3.8, 4) is 0 Å². The highest BCUT2D eigenvalue weighted by molar-refractivity contribution is 6.37. The zero-order valence-corrected chi connectivity index (χ0v) is 18.6. The lowest BCUT2D eigenvalue weighted by molar-refractivity contribution is 0.352. The van der Waals surface area contributed by atoms with Gasteiger partial charge < -0.3 is 0 Å². The predicted octanol–water partition coefficient (Wildman–Crippen LogP) is 7.46. The Morgan fingerprint density at radius 3 is 1.80 bits per heavy atom. The van der Waals surface area contributed by atoms with E-state index in [4.69, 9.17) is 0 Å². The third kappa shape index (κ3) is 8.75. The highest BCUT2D eigenvalue weighted by Gasteiger charge is 2.21. The molecule has 0 spiro atoms. The van der Waals surface area contributed by atoms with Gasteiger partial charge in [-0.15, -0.1) is 0 Å². The van der Waals surface area contributed by atoms with E-state index in [0.717, 1.165) is 17.8 Å². The molecule has 0 N–H and O–H groups in total. The van der Waals surface area contributed by atoms with Crippen molar-refractivity contribution >= 4 is 9.52 Å². The zero-order valence-electron chi connectivity index (χ0n) is 17.2. The largest absolute Gasteiger partial charge is 0.0883 e. The summed E-state index contributed by atoms with van der Waals surface area (Å²) in [5, 5.41) is 0. The molecule has 0 amide bonds. The lowest BCUT2D eigenvalue weighted by atomic mass is 9.80. The van der Waals surface area contributed by atoms with Crippen molar-refractivity contribution in [1.29, 1.82) is 0 Å². The van der Waals surface area contributed by atoms with Gasteiger partial charge in [0.1, 0.15) is 0 Å². The molecule has 1 heteroatoms. The molecule has 0 nitrogen and oxygen atoms in total. The molecule has 0 aromatic heterocycles. The van der Waals surface area contributed by atoms with Crippen molar-refractivity contribution < 1.29 is 0 Å². The van der Waals surface area contributed by atoms with Gasteiger partial charge in [0, 0.05) is 9.52 Å². The minimum Gasteiger partial charge on any atom is -0.0883 e. The molecule has 0 heterocycles. The molecule has 2 rings (SSSR count). The fraction of sp³-hybridized carbons (Fsp3) is 0.833. The Morgan fingerprint density at radius 1 is 0.680 bits per heavy atom. The second-order valence-corrected chi connectivity index (χ2v) is 11.3. The third-order valence-corrected chi connectivity index (χ3v) is 9.23. The number of hydrogen-bond donors (Lipinski definition) is 0. The van der Waals surface area contributed by atoms with Gasteiger partial charge in [0.05, 0.1) is 0 Å². The maximum atomic E-state index is 2.63. The molecule has 0 aromatic rings. The first kappa shape index (κ1) is 21.0. The third-order valence-electron chi connectivity index (χ3n) is 6.69. The van der Waals surface area contributed by atoms with Gasteiger partial charge in [-0.25, -0.2) is 0 Å². The Balaban J connectivity index is 1.57. The van der Waals surface area contributed by atoms with E-state index in [9.17, 15) is 0 Å². The van der Waals surface area contributed by atoms with E-state index in [1.807, 2.05) is 0 Å². The van der Waals surface area contributed by atoms with Crippen molar-refractivity contribution in [2.45, 2.75) is 109 Å². The summed E-state index contributed by atoms with van der Waals surface area (Å²) in [6, 6.07) is 1.62. The summed E-state index contributed by atoms with van der Waals surface area (Å²) in [6.45, 7) is 4.60. The normalized spacial score (nSPS) is 31.6. The minimum absolute atomic E-state index is 0.244. The number of unbranched alkanes of at least 4 members (excludes halogenated alkanes) is 3. The summed E-state index contributed by atoms with van der Waals surface area (Å²) in [7, 11) is 0.244. The SMILES string of the molecule is CCC/C=C/C1CCC(/C=C/C2CCC([SiH2]CCCCC)CC2)CC1. The lowest BCUT2D eigenvalue weighted by Crippen LogP contribution is -2.15. The van der Waals surface area contributed by atoms with Crippen LogP contribution in [0.25, 0.3) is 0 Å². The Bertz CT molecular complexity index is 368. The van der Waals surface area contributed by atoms with E-state index in [-0.39, 0.29) is 9.52 Å². The molecule has 25 heavy (non-hydrogen) atoms. The highest BCUT2D eigenvalue weighted by Crippen LogP contribution is 2.35. The predicted molar refractivity (Wildman–Crippen MR) is 117 cm³/mol. The van der Waals surface area contributed by atoms with Gasteiger partial charge in [-0.2, -0.15) is 0 Å². The van der Waals surface area contributed by atoms with Crippen LogP contribution in [0.4, 0.5) is 0 Å². The van der Waals surface area contributed by atoms with Gasteiger partial charge in [0.15, 0.2) is 0 Å². The summed E-state index contributed by atoms with van der Waals surface area (Å²) in [6.07, 6.45) is 28.9. The summed E-state index contributed by atoms with van der Waals surface area (Å²) in [4.78, 5) is 0. The zero-order chi connectivity index (χ0) is 17.7. The number of allylic oxidation sites excluding steroid dienone is 4. The van der Waals surface area contributed by atoms with Crippen LogP contribution in [0, 0.1) is 17.8 Å². The van der Waals surface area contributed by atoms with E-state index in [0.29, 0.717) is 0 Å². The first-order valence-corrected chi connectivity index (χ1v) is 13.5. The van der Waals surface area contributed by atoms with Gasteiger partial charge in [0.25, 0.3) is 0 Å². The van der Waals surface area contributed by atoms with Crippen LogP contribution < -0.4 is 0 Å². The van der Waals surface area contributed by atoms with Gasteiger partial charge in [-0.1, -0.05) is 88.3 Å². The molecule has 0 aromatic carbocycles. The van der Waals surface area contributed by atoms with E-state index >= 15 is 0 Å². The van der Waals surface area contributed by atoms with Gasteiger partial charge >= 0.3 is 0 Å². The van der Waals surface area contributed by atoms with Gasteiger partial charge in [-0.05, 0) is 62.7 Å². The van der Waals surface area contributed by atoms with Crippen LogP contribution in [0.1, 0.15) is 97.3 Å². The topological polar surface area (TPSA) is 0 Å². The van der Waals surface area contributed by atoms with E-state index < -0.39 is 0 Å². The molecule has 2 aliphatic carbocycles. The molecule has 0 radical (unpaired) electrons. The smallest absolute Gasteiger partial charge is 0.0231 e. The first-order valence-electron chi connectivity index (χ1n) is 11.7. The van der Waals surface area contributed by atoms with Crippen LogP contribution >= 0.6 is 0 Å². The molecule has 0 unspecified atom stereocenters. The molecule has 2 aliphatic rings. The van der Waals surface area contributed by atoms with Crippen LogP contribution in [-0.2, 0) is 0 Å². The number of hydrogen-bond acceptors (Lipinski definition) is 0. The van der Waals surface area contributed by atoms with E-state index in [1.54, 1.807) is 18.9 Å². The first-order chi connectivity index (χ1) is 12.3. The van der Waals surface area contributed by atoms with Crippen LogP contribution in [0.5, 0.6) is 0 Å². The fourth-order valence-corrected chi connectivity index (χ4v) is 7.10. The standard InChI is InChI=1S/C24H44Si/c1-3-5-7-9-21-10-12-22(13-11-21)14-15-23-16-18-24(19-17-23)25-20-8-6-4-2/h7,9,14-15,21-24H,3-6,8,10-13,16-20,25H2,1-2H3/b9-7+,15-14+. The molecule has 2 saturated carbocycles. The monoisotopic (exact) mass is 360 g/mol. The molecule has 0 bridgehead atoms. The second-order valence-electron chi connectivity index (χ2n) is 8.91. The van der Waals surface area contributed by atoms with Gasteiger partial charge in [0.2, 0.25) is 0 Å². The Hall–Kier alpha value is -0.303. The lowest BCUT2D eigenvalue weighted by Gasteiger charge is -2.28. The molecule has 0 aliphatic heterocycles. The van der Waals surface area contributed by atoms with Crippen molar-refractivity contribution in [1.82, 2.24) is 0 Å². The Labute approximate surface area is 160 Å². The van der Waals surface area contributed by atoms with Crippen molar-refractivity contribution in [3.63, 3.8) is 0 Å². The molecule has 0 atom stereocenters. The molecule has 144 valence electrons. The highest BCUT2D eigenvalue weighted by atomic mass is 28.2. The van der Waals surface area contributed by atoms with E-state index in [1.165, 1.54) is 76.2 Å². The van der Waals surface area contributed by atoms with Crippen LogP contribution in [0.3, 0.4) is 0 Å².